The van der Waals surface area contributed by atoms with Crippen LogP contribution in [-0.2, 0) is 0 Å². The van der Waals surface area contributed by atoms with Gasteiger partial charge in [0, 0.05) is 18.4 Å². The highest BCUT2D eigenvalue weighted by Crippen LogP contribution is 2.37. The number of nitrogens with one attached hydrogen (secondary N) is 1. The van der Waals surface area contributed by atoms with E-state index in [-0.39, 0.29) is 5.54 Å². The molecule has 0 amide bonds. The van der Waals surface area contributed by atoms with Gasteiger partial charge in [-0.15, -0.1) is 0 Å². The Balaban J connectivity index is 2.14. The molecule has 2 atom stereocenters. The van der Waals surface area contributed by atoms with Crippen molar-refractivity contribution in [1.29, 1.82) is 5.26 Å². The molecule has 0 bridgehead atoms. The SMILES string of the molecule is CCNC1(C#N)CCC(n2ccnc2C)C1. The average Bonchev–Trinajstić information content (AvgIpc) is 2.86. The molecule has 16 heavy (non-hydrogen) atoms. The van der Waals surface area contributed by atoms with E-state index in [4.69, 9.17) is 0 Å². The van der Waals surface area contributed by atoms with Crippen molar-refractivity contribution in [3.05, 3.63) is 18.2 Å². The third-order valence-electron chi connectivity index (χ3n) is 3.47. The van der Waals surface area contributed by atoms with Crippen LogP contribution in [0.5, 0.6) is 0 Å². The molecule has 0 spiro atoms. The van der Waals surface area contributed by atoms with E-state index in [0.29, 0.717) is 6.04 Å². The second kappa shape index (κ2) is 4.26. The van der Waals surface area contributed by atoms with Crippen molar-refractivity contribution in [1.82, 2.24) is 14.9 Å². The number of nitriles is 1. The van der Waals surface area contributed by atoms with Crippen LogP contribution in [0.15, 0.2) is 12.4 Å². The van der Waals surface area contributed by atoms with Gasteiger partial charge in [-0.2, -0.15) is 5.26 Å². The largest absolute Gasteiger partial charge is 0.332 e. The molecule has 1 N–H and O–H groups in total. The smallest absolute Gasteiger partial charge is 0.108 e. The van der Waals surface area contributed by atoms with Crippen LogP contribution in [0.4, 0.5) is 0 Å². The lowest BCUT2D eigenvalue weighted by atomic mass is 9.99. The molecule has 0 radical (unpaired) electrons. The Kier molecular flexibility index (Phi) is 2.97. The van der Waals surface area contributed by atoms with Gasteiger partial charge in [0.15, 0.2) is 0 Å². The van der Waals surface area contributed by atoms with E-state index in [1.807, 2.05) is 19.3 Å². The Bertz CT molecular complexity index is 403. The molecule has 2 unspecified atom stereocenters. The van der Waals surface area contributed by atoms with Gasteiger partial charge in [0.05, 0.1) is 6.07 Å². The zero-order valence-electron chi connectivity index (χ0n) is 9.90. The van der Waals surface area contributed by atoms with E-state index in [9.17, 15) is 5.26 Å². The van der Waals surface area contributed by atoms with E-state index in [0.717, 1.165) is 31.6 Å². The molecule has 0 saturated heterocycles. The molecule has 4 nitrogen and oxygen atoms in total. The third-order valence-corrected chi connectivity index (χ3v) is 3.47. The molecule has 4 heteroatoms. The first-order valence-electron chi connectivity index (χ1n) is 5.86. The number of aromatic nitrogens is 2. The maximum atomic E-state index is 9.29. The van der Waals surface area contributed by atoms with Crippen molar-refractivity contribution in [3.8, 4) is 6.07 Å². The normalized spacial score (nSPS) is 29.2. The Morgan fingerprint density at radius 3 is 3.12 bits per heavy atom. The molecular formula is C12H18N4. The molecule has 86 valence electrons. The molecule has 1 heterocycles. The Labute approximate surface area is 96.3 Å². The lowest BCUT2D eigenvalue weighted by Crippen LogP contribution is -2.41. The highest BCUT2D eigenvalue weighted by atomic mass is 15.1. The van der Waals surface area contributed by atoms with Gasteiger partial charge in [-0.1, -0.05) is 6.92 Å². The maximum absolute atomic E-state index is 9.29. The molecule has 0 aromatic carbocycles. The predicted molar refractivity (Wildman–Crippen MR) is 61.9 cm³/mol. The molecular weight excluding hydrogens is 200 g/mol. The minimum atomic E-state index is -0.323. The van der Waals surface area contributed by atoms with E-state index in [2.05, 4.69) is 27.9 Å². The van der Waals surface area contributed by atoms with Crippen molar-refractivity contribution in [3.63, 3.8) is 0 Å². The number of rotatable bonds is 3. The predicted octanol–water partition coefficient (Wildman–Crippen LogP) is 1.79. The Morgan fingerprint density at radius 2 is 2.56 bits per heavy atom. The summed E-state index contributed by atoms with van der Waals surface area (Å²) < 4.78 is 2.19. The Morgan fingerprint density at radius 1 is 1.75 bits per heavy atom. The summed E-state index contributed by atoms with van der Waals surface area (Å²) in [5, 5.41) is 12.6. The first kappa shape index (κ1) is 11.2. The highest BCUT2D eigenvalue weighted by molar-refractivity contribution is 5.13. The van der Waals surface area contributed by atoms with Crippen LogP contribution in [0.25, 0.3) is 0 Å². The van der Waals surface area contributed by atoms with Crippen LogP contribution in [0.3, 0.4) is 0 Å². The third kappa shape index (κ3) is 1.83. The van der Waals surface area contributed by atoms with E-state index >= 15 is 0 Å². The summed E-state index contributed by atoms with van der Waals surface area (Å²) >= 11 is 0. The Hall–Kier alpha value is -1.34. The summed E-state index contributed by atoms with van der Waals surface area (Å²) in [5.41, 5.74) is -0.323. The fraction of sp³-hybridized carbons (Fsp3) is 0.667. The zero-order valence-corrected chi connectivity index (χ0v) is 9.90. The lowest BCUT2D eigenvalue weighted by molar-refractivity contribution is 0.406. The van der Waals surface area contributed by atoms with Crippen molar-refractivity contribution >= 4 is 0 Å². The number of imidazole rings is 1. The minimum absolute atomic E-state index is 0.323. The van der Waals surface area contributed by atoms with Crippen LogP contribution in [0.2, 0.25) is 0 Å². The molecule has 1 aromatic heterocycles. The summed E-state index contributed by atoms with van der Waals surface area (Å²) in [6, 6.07) is 2.86. The van der Waals surface area contributed by atoms with Crippen molar-refractivity contribution in [2.45, 2.75) is 44.7 Å². The molecule has 1 aliphatic rings. The van der Waals surface area contributed by atoms with Crippen molar-refractivity contribution in [2.24, 2.45) is 0 Å². The van der Waals surface area contributed by atoms with Gasteiger partial charge >= 0.3 is 0 Å². The minimum Gasteiger partial charge on any atom is -0.332 e. The first-order chi connectivity index (χ1) is 7.71. The van der Waals surface area contributed by atoms with Gasteiger partial charge in [-0.05, 0) is 32.7 Å². The number of hydrogen-bond acceptors (Lipinski definition) is 3. The highest BCUT2D eigenvalue weighted by Gasteiger charge is 2.39. The van der Waals surface area contributed by atoms with Crippen LogP contribution < -0.4 is 5.32 Å². The monoisotopic (exact) mass is 218 g/mol. The molecule has 0 aliphatic heterocycles. The summed E-state index contributed by atoms with van der Waals surface area (Å²) in [6.07, 6.45) is 6.71. The standard InChI is InChI=1S/C12H18N4/c1-3-15-12(9-13)5-4-11(8-12)16-7-6-14-10(16)2/h6-7,11,15H,3-5,8H2,1-2H3. The quantitative estimate of drug-likeness (QED) is 0.841. The second-order valence-electron chi connectivity index (χ2n) is 4.50. The van der Waals surface area contributed by atoms with Gasteiger partial charge in [0.25, 0.3) is 0 Å². The van der Waals surface area contributed by atoms with E-state index in [1.165, 1.54) is 0 Å². The first-order valence-corrected chi connectivity index (χ1v) is 5.86. The second-order valence-corrected chi connectivity index (χ2v) is 4.50. The number of hydrogen-bond donors (Lipinski definition) is 1. The van der Waals surface area contributed by atoms with Gasteiger partial charge in [0.1, 0.15) is 11.4 Å². The fourth-order valence-corrected chi connectivity index (χ4v) is 2.67. The van der Waals surface area contributed by atoms with E-state index < -0.39 is 0 Å². The molecule has 1 aliphatic carbocycles. The lowest BCUT2D eigenvalue weighted by Gasteiger charge is -2.22. The van der Waals surface area contributed by atoms with Crippen LogP contribution in [0.1, 0.15) is 38.1 Å². The number of aryl methyl sites for hydroxylation is 1. The van der Waals surface area contributed by atoms with Gasteiger partial charge < -0.3 is 4.57 Å². The van der Waals surface area contributed by atoms with Crippen LogP contribution in [0, 0.1) is 18.3 Å². The summed E-state index contributed by atoms with van der Waals surface area (Å²) in [7, 11) is 0. The van der Waals surface area contributed by atoms with Crippen LogP contribution >= 0.6 is 0 Å². The molecule has 1 aromatic rings. The van der Waals surface area contributed by atoms with Gasteiger partial charge in [-0.25, -0.2) is 4.98 Å². The van der Waals surface area contributed by atoms with Crippen LogP contribution in [-0.4, -0.2) is 21.6 Å². The zero-order chi connectivity index (χ0) is 11.6. The van der Waals surface area contributed by atoms with Crippen molar-refractivity contribution in [2.75, 3.05) is 6.54 Å². The molecule has 1 saturated carbocycles. The van der Waals surface area contributed by atoms with Gasteiger partial charge in [-0.3, -0.25) is 5.32 Å². The average molecular weight is 218 g/mol. The summed E-state index contributed by atoms with van der Waals surface area (Å²) in [5.74, 6) is 1.04. The van der Waals surface area contributed by atoms with Crippen molar-refractivity contribution < 1.29 is 0 Å². The topological polar surface area (TPSA) is 53.6 Å². The molecule has 1 fully saturated rings. The van der Waals surface area contributed by atoms with Gasteiger partial charge in [0.2, 0.25) is 0 Å². The van der Waals surface area contributed by atoms with E-state index in [1.54, 1.807) is 0 Å². The fourth-order valence-electron chi connectivity index (χ4n) is 2.67. The summed E-state index contributed by atoms with van der Waals surface area (Å²) in [6.45, 7) is 4.91. The maximum Gasteiger partial charge on any atom is 0.108 e. The summed E-state index contributed by atoms with van der Waals surface area (Å²) in [4.78, 5) is 4.24. The molecule has 2 rings (SSSR count). The number of nitrogens with zero attached hydrogens (tertiary/aromatic N) is 3.